The second-order valence-corrected chi connectivity index (χ2v) is 3.99. The maximum Gasteiger partial charge on any atom is 0.326 e. The van der Waals surface area contributed by atoms with Crippen molar-refractivity contribution in [2.24, 2.45) is 5.73 Å². The molecule has 8 heteroatoms. The zero-order chi connectivity index (χ0) is 15.3. The number of nitrogens with one attached hydrogen (secondary N) is 1. The molecule has 0 radical (unpaired) electrons. The molecule has 0 heterocycles. The summed E-state index contributed by atoms with van der Waals surface area (Å²) in [6.45, 7) is 0. The summed E-state index contributed by atoms with van der Waals surface area (Å²) in [5, 5.41) is 10.9. The van der Waals surface area contributed by atoms with Gasteiger partial charge in [0.2, 0.25) is 5.91 Å². The van der Waals surface area contributed by atoms with E-state index in [0.29, 0.717) is 6.07 Å². The van der Waals surface area contributed by atoms with E-state index < -0.39 is 41.0 Å². The monoisotopic (exact) mass is 286 g/mol. The van der Waals surface area contributed by atoms with Crippen molar-refractivity contribution in [1.29, 1.82) is 0 Å². The molecule has 2 amide bonds. The van der Waals surface area contributed by atoms with Crippen LogP contribution in [-0.4, -0.2) is 28.9 Å². The van der Waals surface area contributed by atoms with E-state index in [1.165, 1.54) is 0 Å². The molecule has 1 rings (SSSR count). The van der Waals surface area contributed by atoms with Gasteiger partial charge in [0.05, 0.1) is 5.56 Å². The molecule has 0 saturated carbocycles. The van der Waals surface area contributed by atoms with Gasteiger partial charge < -0.3 is 16.2 Å². The lowest BCUT2D eigenvalue weighted by Crippen LogP contribution is -2.41. The molecule has 0 unspecified atom stereocenters. The Hall–Kier alpha value is -2.51. The molecule has 20 heavy (non-hydrogen) atoms. The topological polar surface area (TPSA) is 109 Å². The number of primary amides is 1. The van der Waals surface area contributed by atoms with E-state index in [1.807, 2.05) is 5.32 Å². The second-order valence-electron chi connectivity index (χ2n) is 3.99. The van der Waals surface area contributed by atoms with Gasteiger partial charge in [-0.15, -0.1) is 0 Å². The maximum atomic E-state index is 13.3. The number of aliphatic carboxylic acids is 1. The van der Waals surface area contributed by atoms with E-state index in [4.69, 9.17) is 10.8 Å². The molecule has 0 bridgehead atoms. The van der Waals surface area contributed by atoms with Crippen molar-refractivity contribution in [2.45, 2.75) is 18.9 Å². The Morgan fingerprint density at radius 1 is 1.30 bits per heavy atom. The summed E-state index contributed by atoms with van der Waals surface area (Å²) in [6, 6.07) is 0.887. The Morgan fingerprint density at radius 3 is 2.45 bits per heavy atom. The number of carboxylic acid groups (broad SMARTS) is 1. The Balaban J connectivity index is 2.80. The van der Waals surface area contributed by atoms with E-state index in [9.17, 15) is 23.2 Å². The fraction of sp³-hybridized carbons (Fsp3) is 0.250. The van der Waals surface area contributed by atoms with Crippen LogP contribution in [0.3, 0.4) is 0 Å². The van der Waals surface area contributed by atoms with Crippen LogP contribution in [0, 0.1) is 11.6 Å². The predicted octanol–water partition coefficient (Wildman–Crippen LogP) is 0.413. The van der Waals surface area contributed by atoms with E-state index in [-0.39, 0.29) is 12.8 Å². The third kappa shape index (κ3) is 4.30. The molecular formula is C12H12F2N2O4. The lowest BCUT2D eigenvalue weighted by molar-refractivity contribution is -0.139. The number of benzene rings is 1. The fourth-order valence-electron chi connectivity index (χ4n) is 1.45. The van der Waals surface area contributed by atoms with Gasteiger partial charge in [0.15, 0.2) is 0 Å². The van der Waals surface area contributed by atoms with E-state index in [2.05, 4.69) is 0 Å². The number of hydrogen-bond acceptors (Lipinski definition) is 3. The van der Waals surface area contributed by atoms with Crippen LogP contribution >= 0.6 is 0 Å². The van der Waals surface area contributed by atoms with E-state index in [0.717, 1.165) is 12.1 Å². The van der Waals surface area contributed by atoms with Gasteiger partial charge in [-0.3, -0.25) is 9.59 Å². The van der Waals surface area contributed by atoms with Gasteiger partial charge in [-0.2, -0.15) is 0 Å². The molecule has 4 N–H and O–H groups in total. The molecular weight excluding hydrogens is 274 g/mol. The molecule has 0 spiro atoms. The van der Waals surface area contributed by atoms with Gasteiger partial charge >= 0.3 is 5.97 Å². The Bertz CT molecular complexity index is 548. The van der Waals surface area contributed by atoms with Crippen LogP contribution in [0.5, 0.6) is 0 Å². The molecule has 0 fully saturated rings. The number of carboxylic acids is 1. The first-order valence-electron chi connectivity index (χ1n) is 5.58. The molecule has 1 atom stereocenters. The van der Waals surface area contributed by atoms with Crippen LogP contribution in [0.4, 0.5) is 8.78 Å². The second kappa shape index (κ2) is 6.60. The molecule has 0 aromatic heterocycles. The van der Waals surface area contributed by atoms with Crippen molar-refractivity contribution >= 4 is 17.8 Å². The smallest absolute Gasteiger partial charge is 0.326 e. The first-order chi connectivity index (χ1) is 9.31. The zero-order valence-electron chi connectivity index (χ0n) is 10.2. The first-order valence-corrected chi connectivity index (χ1v) is 5.58. The van der Waals surface area contributed by atoms with Gasteiger partial charge in [-0.1, -0.05) is 0 Å². The Morgan fingerprint density at radius 2 is 1.95 bits per heavy atom. The van der Waals surface area contributed by atoms with Gasteiger partial charge in [0.25, 0.3) is 5.91 Å². The zero-order valence-corrected chi connectivity index (χ0v) is 10.2. The molecule has 0 aliphatic carbocycles. The van der Waals surface area contributed by atoms with Crippen molar-refractivity contribution in [3.05, 3.63) is 35.4 Å². The fourth-order valence-corrected chi connectivity index (χ4v) is 1.45. The van der Waals surface area contributed by atoms with Crippen LogP contribution in [0.25, 0.3) is 0 Å². The molecule has 0 aliphatic heterocycles. The third-order valence-corrected chi connectivity index (χ3v) is 2.46. The number of rotatable bonds is 6. The molecule has 6 nitrogen and oxygen atoms in total. The van der Waals surface area contributed by atoms with E-state index >= 15 is 0 Å². The Kier molecular flexibility index (Phi) is 5.13. The van der Waals surface area contributed by atoms with Crippen molar-refractivity contribution in [1.82, 2.24) is 5.32 Å². The predicted molar refractivity (Wildman–Crippen MR) is 63.7 cm³/mol. The summed E-state index contributed by atoms with van der Waals surface area (Å²) in [6.07, 6.45) is -0.470. The molecule has 1 aromatic rings. The summed E-state index contributed by atoms with van der Waals surface area (Å²) in [4.78, 5) is 33.2. The number of hydrogen-bond donors (Lipinski definition) is 3. The van der Waals surface area contributed by atoms with Gasteiger partial charge in [-0.05, 0) is 18.6 Å². The van der Waals surface area contributed by atoms with Crippen LogP contribution in [-0.2, 0) is 9.59 Å². The number of amides is 2. The highest BCUT2D eigenvalue weighted by molar-refractivity contribution is 5.96. The standard InChI is InChI=1S/C12H12F2N2O4/c13-6-1-2-7(8(14)5-6)11(18)16-9(12(19)20)3-4-10(15)17/h1-2,5,9H,3-4H2,(H2,15,17)(H,16,18)(H,19,20)/t9-/m1/s1. The molecule has 1 aromatic carbocycles. The normalized spacial score (nSPS) is 11.7. The lowest BCUT2D eigenvalue weighted by Gasteiger charge is -2.14. The minimum Gasteiger partial charge on any atom is -0.480 e. The SMILES string of the molecule is NC(=O)CC[C@@H](NC(=O)c1ccc(F)cc1F)C(=O)O. The minimum absolute atomic E-state index is 0.223. The average molecular weight is 286 g/mol. The third-order valence-electron chi connectivity index (χ3n) is 2.46. The summed E-state index contributed by atoms with van der Waals surface area (Å²) in [5.41, 5.74) is 4.39. The Labute approximate surface area is 112 Å². The molecule has 0 aliphatic rings. The van der Waals surface area contributed by atoms with Gasteiger partial charge in [0, 0.05) is 12.5 Å². The largest absolute Gasteiger partial charge is 0.480 e. The van der Waals surface area contributed by atoms with Crippen LogP contribution in [0.15, 0.2) is 18.2 Å². The summed E-state index contributed by atoms with van der Waals surface area (Å²) < 4.78 is 26.0. The van der Waals surface area contributed by atoms with Gasteiger partial charge in [0.1, 0.15) is 17.7 Å². The number of carbonyl (C=O) groups is 3. The van der Waals surface area contributed by atoms with Crippen LogP contribution < -0.4 is 11.1 Å². The number of nitrogens with two attached hydrogens (primary N) is 1. The highest BCUT2D eigenvalue weighted by Crippen LogP contribution is 2.10. The average Bonchev–Trinajstić information content (AvgIpc) is 2.33. The van der Waals surface area contributed by atoms with Crippen molar-refractivity contribution in [3.63, 3.8) is 0 Å². The summed E-state index contributed by atoms with van der Waals surface area (Å²) in [5.74, 6) is -5.09. The maximum absolute atomic E-state index is 13.3. The highest BCUT2D eigenvalue weighted by Gasteiger charge is 2.22. The van der Waals surface area contributed by atoms with Crippen molar-refractivity contribution < 1.29 is 28.3 Å². The van der Waals surface area contributed by atoms with Crippen LogP contribution in [0.1, 0.15) is 23.2 Å². The lowest BCUT2D eigenvalue weighted by atomic mass is 10.1. The minimum atomic E-state index is -1.39. The van der Waals surface area contributed by atoms with Crippen molar-refractivity contribution in [3.8, 4) is 0 Å². The first kappa shape index (κ1) is 15.5. The number of carbonyl (C=O) groups excluding carboxylic acids is 2. The summed E-state index contributed by atoms with van der Waals surface area (Å²) in [7, 11) is 0. The molecule has 108 valence electrons. The quantitative estimate of drug-likeness (QED) is 0.703. The molecule has 0 saturated heterocycles. The highest BCUT2D eigenvalue weighted by atomic mass is 19.1. The number of halogens is 2. The van der Waals surface area contributed by atoms with Crippen molar-refractivity contribution in [2.75, 3.05) is 0 Å². The van der Waals surface area contributed by atoms with E-state index in [1.54, 1.807) is 0 Å². The van der Waals surface area contributed by atoms with Crippen LogP contribution in [0.2, 0.25) is 0 Å². The summed E-state index contributed by atoms with van der Waals surface area (Å²) >= 11 is 0. The van der Waals surface area contributed by atoms with Gasteiger partial charge in [-0.25, -0.2) is 13.6 Å².